The molecule has 2 aromatic rings. The number of likely N-dealkylation sites (N-methyl/N-ethyl adjacent to an activating group) is 1. The van der Waals surface area contributed by atoms with Crippen LogP contribution < -0.4 is 5.32 Å². The zero-order chi connectivity index (χ0) is 14.5. The van der Waals surface area contributed by atoms with E-state index in [-0.39, 0.29) is 6.04 Å². The van der Waals surface area contributed by atoms with Gasteiger partial charge in [-0.25, -0.2) is 0 Å². The first kappa shape index (κ1) is 16.1. The highest BCUT2D eigenvalue weighted by Gasteiger charge is 2.15. The van der Waals surface area contributed by atoms with Gasteiger partial charge in [0.2, 0.25) is 0 Å². The zero-order valence-corrected chi connectivity index (χ0v) is 15.8. The molecule has 0 aliphatic heterocycles. The Morgan fingerprint density at radius 1 is 1.10 bits per heavy atom. The molecule has 1 aromatic heterocycles. The quantitative estimate of drug-likeness (QED) is 0.655. The van der Waals surface area contributed by atoms with Gasteiger partial charge in [-0.15, -0.1) is 0 Å². The minimum Gasteiger partial charge on any atom is -0.310 e. The van der Waals surface area contributed by atoms with Crippen LogP contribution in [0.3, 0.4) is 0 Å². The van der Waals surface area contributed by atoms with Crippen LogP contribution in [-0.4, -0.2) is 11.5 Å². The average Bonchev–Trinajstić information content (AvgIpc) is 2.43. The van der Waals surface area contributed by atoms with Gasteiger partial charge in [0, 0.05) is 37.8 Å². The fourth-order valence-corrected chi connectivity index (χ4v) is 3.19. The SMILES string of the molecule is CCNC(Cc1ccc(Br)cn1)c1cc(Br)ccc1Br. The fraction of sp³-hybridized carbons (Fsp3) is 0.267. The summed E-state index contributed by atoms with van der Waals surface area (Å²) in [4.78, 5) is 4.46. The lowest BCUT2D eigenvalue weighted by atomic mass is 10.0. The van der Waals surface area contributed by atoms with Gasteiger partial charge in [-0.1, -0.05) is 38.8 Å². The Kier molecular flexibility index (Phi) is 6.20. The molecule has 1 N–H and O–H groups in total. The van der Waals surface area contributed by atoms with Crippen molar-refractivity contribution in [1.82, 2.24) is 10.3 Å². The molecule has 0 saturated heterocycles. The van der Waals surface area contributed by atoms with Gasteiger partial charge in [-0.05, 0) is 58.4 Å². The molecule has 1 unspecified atom stereocenters. The summed E-state index contributed by atoms with van der Waals surface area (Å²) >= 11 is 10.6. The molecule has 0 aliphatic rings. The number of hydrogen-bond donors (Lipinski definition) is 1. The van der Waals surface area contributed by atoms with Crippen molar-refractivity contribution < 1.29 is 0 Å². The molecule has 106 valence electrons. The van der Waals surface area contributed by atoms with Gasteiger partial charge in [-0.3, -0.25) is 4.98 Å². The number of halogens is 3. The van der Waals surface area contributed by atoms with E-state index in [0.717, 1.165) is 32.1 Å². The van der Waals surface area contributed by atoms with Crippen LogP contribution in [0.2, 0.25) is 0 Å². The summed E-state index contributed by atoms with van der Waals surface area (Å²) in [5, 5.41) is 3.53. The lowest BCUT2D eigenvalue weighted by molar-refractivity contribution is 0.542. The van der Waals surface area contributed by atoms with Crippen LogP contribution in [0.5, 0.6) is 0 Å². The third-order valence-electron chi connectivity index (χ3n) is 2.99. The van der Waals surface area contributed by atoms with Gasteiger partial charge < -0.3 is 5.32 Å². The maximum absolute atomic E-state index is 4.46. The summed E-state index contributed by atoms with van der Waals surface area (Å²) in [5.74, 6) is 0. The Balaban J connectivity index is 2.26. The second-order valence-electron chi connectivity index (χ2n) is 4.45. The van der Waals surface area contributed by atoms with Crippen molar-refractivity contribution in [3.63, 3.8) is 0 Å². The molecule has 0 radical (unpaired) electrons. The first-order chi connectivity index (χ1) is 9.60. The summed E-state index contributed by atoms with van der Waals surface area (Å²) in [6.07, 6.45) is 2.70. The van der Waals surface area contributed by atoms with Crippen LogP contribution in [0.15, 0.2) is 49.9 Å². The predicted molar refractivity (Wildman–Crippen MR) is 93.9 cm³/mol. The van der Waals surface area contributed by atoms with E-state index in [1.807, 2.05) is 18.3 Å². The normalized spacial score (nSPS) is 12.4. The highest BCUT2D eigenvalue weighted by molar-refractivity contribution is 9.11. The van der Waals surface area contributed by atoms with Crippen molar-refractivity contribution in [1.29, 1.82) is 0 Å². The van der Waals surface area contributed by atoms with E-state index < -0.39 is 0 Å². The molecule has 5 heteroatoms. The molecule has 0 aliphatic carbocycles. The number of aromatic nitrogens is 1. The monoisotopic (exact) mass is 460 g/mol. The van der Waals surface area contributed by atoms with Crippen LogP contribution in [0.4, 0.5) is 0 Å². The van der Waals surface area contributed by atoms with E-state index in [0.29, 0.717) is 0 Å². The third-order valence-corrected chi connectivity index (χ3v) is 4.67. The summed E-state index contributed by atoms with van der Waals surface area (Å²) < 4.78 is 3.20. The maximum Gasteiger partial charge on any atom is 0.0423 e. The van der Waals surface area contributed by atoms with E-state index in [2.05, 4.69) is 83.2 Å². The smallest absolute Gasteiger partial charge is 0.0423 e. The number of benzene rings is 1. The maximum atomic E-state index is 4.46. The van der Waals surface area contributed by atoms with Crippen molar-refractivity contribution in [2.24, 2.45) is 0 Å². The molecule has 1 aromatic carbocycles. The van der Waals surface area contributed by atoms with E-state index in [4.69, 9.17) is 0 Å². The minimum absolute atomic E-state index is 0.237. The second-order valence-corrected chi connectivity index (χ2v) is 7.13. The van der Waals surface area contributed by atoms with Crippen LogP contribution in [-0.2, 0) is 6.42 Å². The van der Waals surface area contributed by atoms with Crippen molar-refractivity contribution in [3.8, 4) is 0 Å². The van der Waals surface area contributed by atoms with Crippen molar-refractivity contribution in [2.75, 3.05) is 6.54 Å². The Bertz CT molecular complexity index is 570. The largest absolute Gasteiger partial charge is 0.310 e. The van der Waals surface area contributed by atoms with Gasteiger partial charge in [0.25, 0.3) is 0 Å². The van der Waals surface area contributed by atoms with Crippen LogP contribution in [0, 0.1) is 0 Å². The van der Waals surface area contributed by atoms with Crippen molar-refractivity contribution >= 4 is 47.8 Å². The van der Waals surface area contributed by atoms with Crippen molar-refractivity contribution in [2.45, 2.75) is 19.4 Å². The second kappa shape index (κ2) is 7.69. The van der Waals surface area contributed by atoms with Gasteiger partial charge in [0.1, 0.15) is 0 Å². The Morgan fingerprint density at radius 2 is 1.85 bits per heavy atom. The standard InChI is InChI=1S/C15H15Br3N2/c1-2-19-15(8-12-5-3-11(17)9-20-12)13-7-10(16)4-6-14(13)18/h3-7,9,15,19H,2,8H2,1H3. The Morgan fingerprint density at radius 3 is 2.50 bits per heavy atom. The van der Waals surface area contributed by atoms with E-state index in [1.54, 1.807) is 0 Å². The lowest BCUT2D eigenvalue weighted by Crippen LogP contribution is -2.23. The molecule has 2 nitrogen and oxygen atoms in total. The summed E-state index contributed by atoms with van der Waals surface area (Å²) in [6, 6.07) is 10.6. The minimum atomic E-state index is 0.237. The van der Waals surface area contributed by atoms with Gasteiger partial charge in [0.05, 0.1) is 0 Å². The molecule has 0 amide bonds. The van der Waals surface area contributed by atoms with Crippen LogP contribution in [0.25, 0.3) is 0 Å². The highest BCUT2D eigenvalue weighted by atomic mass is 79.9. The van der Waals surface area contributed by atoms with Gasteiger partial charge in [0.15, 0.2) is 0 Å². The molecule has 1 heterocycles. The van der Waals surface area contributed by atoms with E-state index in [9.17, 15) is 0 Å². The molecule has 0 saturated carbocycles. The summed E-state index contributed by atoms with van der Waals surface area (Å²) in [7, 11) is 0. The van der Waals surface area contributed by atoms with E-state index >= 15 is 0 Å². The Hall–Kier alpha value is -0.230. The van der Waals surface area contributed by atoms with Crippen molar-refractivity contribution in [3.05, 3.63) is 61.2 Å². The number of hydrogen-bond acceptors (Lipinski definition) is 2. The third kappa shape index (κ3) is 4.38. The molecular formula is C15H15Br3N2. The number of rotatable bonds is 5. The number of pyridine rings is 1. The average molecular weight is 463 g/mol. The Labute approximate surface area is 144 Å². The molecule has 0 fully saturated rings. The highest BCUT2D eigenvalue weighted by Crippen LogP contribution is 2.29. The number of nitrogens with one attached hydrogen (secondary N) is 1. The number of nitrogens with zero attached hydrogens (tertiary/aromatic N) is 1. The summed E-state index contributed by atoms with van der Waals surface area (Å²) in [5.41, 5.74) is 2.32. The topological polar surface area (TPSA) is 24.9 Å². The van der Waals surface area contributed by atoms with Gasteiger partial charge >= 0.3 is 0 Å². The molecule has 1 atom stereocenters. The fourth-order valence-electron chi connectivity index (χ4n) is 2.06. The van der Waals surface area contributed by atoms with Crippen LogP contribution >= 0.6 is 47.8 Å². The summed E-state index contributed by atoms with van der Waals surface area (Å²) in [6.45, 7) is 3.04. The van der Waals surface area contributed by atoms with Crippen LogP contribution in [0.1, 0.15) is 24.2 Å². The molecule has 0 spiro atoms. The molecule has 0 bridgehead atoms. The first-order valence-corrected chi connectivity index (χ1v) is 8.76. The molecule has 20 heavy (non-hydrogen) atoms. The van der Waals surface area contributed by atoms with E-state index in [1.165, 1.54) is 5.56 Å². The molecule has 2 rings (SSSR count). The predicted octanol–water partition coefficient (Wildman–Crippen LogP) is 5.26. The van der Waals surface area contributed by atoms with Gasteiger partial charge in [-0.2, -0.15) is 0 Å². The molecular weight excluding hydrogens is 448 g/mol. The first-order valence-electron chi connectivity index (χ1n) is 6.39. The zero-order valence-electron chi connectivity index (χ0n) is 11.0. The lowest BCUT2D eigenvalue weighted by Gasteiger charge is -2.20.